The fraction of sp³-hybridized carbons (Fsp3) is 0.235. The van der Waals surface area contributed by atoms with Gasteiger partial charge in [0, 0.05) is 11.6 Å². The number of primary sulfonamides is 1. The van der Waals surface area contributed by atoms with Crippen LogP contribution >= 0.6 is 11.6 Å². The minimum Gasteiger partial charge on any atom is -0.496 e. The number of nitrogens with two attached hydrogens (primary N) is 1. The molecule has 0 radical (unpaired) electrons. The SMILES string of the molecule is COc1ccc(Cl)cc1C(=O)NCCc1ccc(OC)c(S(N)(=O)=O)c1. The molecule has 0 aromatic heterocycles. The normalized spacial score (nSPS) is 11.1. The van der Waals surface area contributed by atoms with Crippen molar-refractivity contribution >= 4 is 27.5 Å². The molecule has 2 rings (SSSR count). The van der Waals surface area contributed by atoms with Gasteiger partial charge in [-0.3, -0.25) is 4.79 Å². The molecule has 26 heavy (non-hydrogen) atoms. The van der Waals surface area contributed by atoms with Gasteiger partial charge in [-0.2, -0.15) is 0 Å². The summed E-state index contributed by atoms with van der Waals surface area (Å²) in [5.41, 5.74) is 1.01. The molecule has 0 spiro atoms. The molecule has 140 valence electrons. The third-order valence-electron chi connectivity index (χ3n) is 3.64. The molecule has 2 aromatic rings. The zero-order valence-electron chi connectivity index (χ0n) is 14.3. The molecule has 0 atom stereocenters. The average molecular weight is 399 g/mol. The number of sulfonamides is 1. The minimum atomic E-state index is -3.91. The number of halogens is 1. The van der Waals surface area contributed by atoms with Crippen LogP contribution in [0.2, 0.25) is 5.02 Å². The highest BCUT2D eigenvalue weighted by Crippen LogP contribution is 2.24. The first kappa shape index (κ1) is 20.0. The van der Waals surface area contributed by atoms with E-state index in [1.54, 1.807) is 18.2 Å². The van der Waals surface area contributed by atoms with Gasteiger partial charge in [-0.15, -0.1) is 0 Å². The van der Waals surface area contributed by atoms with Gasteiger partial charge < -0.3 is 14.8 Å². The van der Waals surface area contributed by atoms with Crippen LogP contribution < -0.4 is 19.9 Å². The largest absolute Gasteiger partial charge is 0.496 e. The molecule has 7 nitrogen and oxygen atoms in total. The van der Waals surface area contributed by atoms with Gasteiger partial charge in [-0.05, 0) is 42.3 Å². The fourth-order valence-electron chi connectivity index (χ4n) is 2.37. The molecule has 1 amide bonds. The summed E-state index contributed by atoms with van der Waals surface area (Å²) in [6.07, 6.45) is 0.404. The molecule has 0 heterocycles. The van der Waals surface area contributed by atoms with Crippen molar-refractivity contribution in [2.75, 3.05) is 20.8 Å². The molecule has 0 unspecified atom stereocenters. The standard InChI is InChI=1S/C17H19ClN2O5S/c1-24-14-6-4-12(18)10-13(14)17(21)20-8-7-11-3-5-15(25-2)16(9-11)26(19,22)23/h3-6,9-10H,7-8H2,1-2H3,(H,20,21)(H2,19,22,23). The molecular weight excluding hydrogens is 380 g/mol. The van der Waals surface area contributed by atoms with Crippen molar-refractivity contribution in [2.45, 2.75) is 11.3 Å². The lowest BCUT2D eigenvalue weighted by Gasteiger charge is -2.11. The summed E-state index contributed by atoms with van der Waals surface area (Å²) >= 11 is 5.92. The average Bonchev–Trinajstić information content (AvgIpc) is 2.60. The van der Waals surface area contributed by atoms with Crippen molar-refractivity contribution in [2.24, 2.45) is 5.14 Å². The lowest BCUT2D eigenvalue weighted by Crippen LogP contribution is -2.26. The van der Waals surface area contributed by atoms with E-state index in [0.29, 0.717) is 28.3 Å². The Balaban J connectivity index is 2.09. The molecule has 3 N–H and O–H groups in total. The highest BCUT2D eigenvalue weighted by atomic mass is 35.5. The number of ether oxygens (including phenoxy) is 2. The van der Waals surface area contributed by atoms with Crippen molar-refractivity contribution in [1.82, 2.24) is 5.32 Å². The lowest BCUT2D eigenvalue weighted by atomic mass is 10.1. The monoisotopic (exact) mass is 398 g/mol. The molecule has 0 bridgehead atoms. The molecule has 0 saturated carbocycles. The van der Waals surface area contributed by atoms with Crippen molar-refractivity contribution in [3.8, 4) is 11.5 Å². The second kappa shape index (κ2) is 8.39. The van der Waals surface area contributed by atoms with E-state index in [2.05, 4.69) is 5.32 Å². The summed E-state index contributed by atoms with van der Waals surface area (Å²) in [6, 6.07) is 9.42. The van der Waals surface area contributed by atoms with E-state index in [1.165, 1.54) is 32.4 Å². The van der Waals surface area contributed by atoms with E-state index in [4.69, 9.17) is 26.2 Å². The highest BCUT2D eigenvalue weighted by Gasteiger charge is 2.16. The summed E-state index contributed by atoms with van der Waals surface area (Å²) in [5, 5.41) is 8.36. The lowest BCUT2D eigenvalue weighted by molar-refractivity contribution is 0.0951. The van der Waals surface area contributed by atoms with Crippen LogP contribution in [0.25, 0.3) is 0 Å². The van der Waals surface area contributed by atoms with Gasteiger partial charge in [0.2, 0.25) is 10.0 Å². The Morgan fingerprint density at radius 2 is 1.77 bits per heavy atom. The molecule has 9 heteroatoms. The minimum absolute atomic E-state index is 0.0969. The van der Waals surface area contributed by atoms with Crippen LogP contribution in [-0.2, 0) is 16.4 Å². The van der Waals surface area contributed by atoms with Crippen LogP contribution in [0.4, 0.5) is 0 Å². The van der Waals surface area contributed by atoms with Crippen molar-refractivity contribution in [3.63, 3.8) is 0 Å². The van der Waals surface area contributed by atoms with Gasteiger partial charge in [0.15, 0.2) is 0 Å². The number of hydrogen-bond donors (Lipinski definition) is 2. The van der Waals surface area contributed by atoms with Crippen LogP contribution in [0.5, 0.6) is 11.5 Å². The third kappa shape index (κ3) is 4.87. The summed E-state index contributed by atoms with van der Waals surface area (Å²) in [6.45, 7) is 0.283. The fourth-order valence-corrected chi connectivity index (χ4v) is 3.29. The number of amides is 1. The Kier molecular flexibility index (Phi) is 6.47. The molecular formula is C17H19ClN2O5S. The number of methoxy groups -OCH3 is 2. The Morgan fingerprint density at radius 3 is 2.38 bits per heavy atom. The second-order valence-electron chi connectivity index (χ2n) is 5.38. The van der Waals surface area contributed by atoms with Gasteiger partial charge in [-0.1, -0.05) is 17.7 Å². The van der Waals surface area contributed by atoms with Crippen LogP contribution in [-0.4, -0.2) is 35.1 Å². The topological polar surface area (TPSA) is 108 Å². The predicted molar refractivity (Wildman–Crippen MR) is 98.4 cm³/mol. The highest BCUT2D eigenvalue weighted by molar-refractivity contribution is 7.89. The first-order chi connectivity index (χ1) is 12.3. The summed E-state index contributed by atoms with van der Waals surface area (Å²) in [5.74, 6) is 0.237. The zero-order valence-corrected chi connectivity index (χ0v) is 15.9. The van der Waals surface area contributed by atoms with E-state index in [0.717, 1.165) is 0 Å². The van der Waals surface area contributed by atoms with Crippen molar-refractivity contribution in [1.29, 1.82) is 0 Å². The number of carbonyl (C=O) groups excluding carboxylic acids is 1. The predicted octanol–water partition coefficient (Wildman–Crippen LogP) is 1.98. The quantitative estimate of drug-likeness (QED) is 0.741. The van der Waals surface area contributed by atoms with Crippen LogP contribution in [0.1, 0.15) is 15.9 Å². The molecule has 0 aliphatic heterocycles. The maximum absolute atomic E-state index is 12.3. The Hall–Kier alpha value is -2.29. The van der Waals surface area contributed by atoms with E-state index in [-0.39, 0.29) is 23.1 Å². The number of nitrogens with one attached hydrogen (secondary N) is 1. The van der Waals surface area contributed by atoms with Gasteiger partial charge in [0.25, 0.3) is 5.91 Å². The van der Waals surface area contributed by atoms with Crippen LogP contribution in [0, 0.1) is 0 Å². The van der Waals surface area contributed by atoms with Gasteiger partial charge in [-0.25, -0.2) is 13.6 Å². The van der Waals surface area contributed by atoms with E-state index in [1.807, 2.05) is 0 Å². The summed E-state index contributed by atoms with van der Waals surface area (Å²) in [4.78, 5) is 12.2. The number of carbonyl (C=O) groups is 1. The molecule has 0 saturated heterocycles. The Morgan fingerprint density at radius 1 is 1.12 bits per heavy atom. The Bertz CT molecular complexity index is 915. The van der Waals surface area contributed by atoms with Crippen molar-refractivity contribution in [3.05, 3.63) is 52.5 Å². The third-order valence-corrected chi connectivity index (χ3v) is 4.81. The smallest absolute Gasteiger partial charge is 0.255 e. The van der Waals surface area contributed by atoms with Crippen LogP contribution in [0.3, 0.4) is 0 Å². The maximum atomic E-state index is 12.3. The number of hydrogen-bond acceptors (Lipinski definition) is 5. The van der Waals surface area contributed by atoms with Crippen molar-refractivity contribution < 1.29 is 22.7 Å². The van der Waals surface area contributed by atoms with E-state index < -0.39 is 10.0 Å². The zero-order chi connectivity index (χ0) is 19.3. The molecule has 0 fully saturated rings. The van der Waals surface area contributed by atoms with Gasteiger partial charge in [0.1, 0.15) is 16.4 Å². The molecule has 2 aromatic carbocycles. The first-order valence-corrected chi connectivity index (χ1v) is 9.50. The van der Waals surface area contributed by atoms with E-state index in [9.17, 15) is 13.2 Å². The van der Waals surface area contributed by atoms with Gasteiger partial charge >= 0.3 is 0 Å². The number of benzene rings is 2. The summed E-state index contributed by atoms with van der Waals surface area (Å²) < 4.78 is 33.4. The maximum Gasteiger partial charge on any atom is 0.255 e. The van der Waals surface area contributed by atoms with Crippen LogP contribution in [0.15, 0.2) is 41.3 Å². The van der Waals surface area contributed by atoms with Gasteiger partial charge in [0.05, 0.1) is 19.8 Å². The molecule has 0 aliphatic carbocycles. The molecule has 0 aliphatic rings. The van der Waals surface area contributed by atoms with E-state index >= 15 is 0 Å². The number of rotatable bonds is 7. The second-order valence-corrected chi connectivity index (χ2v) is 7.35. The Labute approximate surface area is 157 Å². The first-order valence-electron chi connectivity index (χ1n) is 7.57. The summed E-state index contributed by atoms with van der Waals surface area (Å²) in [7, 11) is -1.08.